The number of rotatable bonds is 5. The second-order valence-electron chi connectivity index (χ2n) is 4.12. The number of hydrogen-bond acceptors (Lipinski definition) is 4. The van der Waals surface area contributed by atoms with Crippen molar-refractivity contribution in [3.8, 4) is 0 Å². The zero-order valence-corrected chi connectivity index (χ0v) is 12.3. The maximum Gasteiger partial charge on any atom is 0.212 e. The number of ketones is 1. The fourth-order valence-corrected chi connectivity index (χ4v) is 2.10. The number of hydrogen-bond donors (Lipinski definition) is 1. The number of methoxy groups -OCH3 is 1. The summed E-state index contributed by atoms with van der Waals surface area (Å²) in [6, 6.07) is 4.70. The first-order valence-electron chi connectivity index (χ1n) is 5.84. The van der Waals surface area contributed by atoms with Gasteiger partial charge in [-0.3, -0.25) is 9.48 Å². The minimum atomic E-state index is -0.257. The van der Waals surface area contributed by atoms with Gasteiger partial charge in [0, 0.05) is 12.7 Å². The minimum absolute atomic E-state index is 0.257. The Labute approximate surface area is 126 Å². The van der Waals surface area contributed by atoms with Crippen molar-refractivity contribution >= 4 is 34.7 Å². The van der Waals surface area contributed by atoms with E-state index in [2.05, 4.69) is 5.10 Å². The summed E-state index contributed by atoms with van der Waals surface area (Å²) in [5, 5.41) is 4.76. The van der Waals surface area contributed by atoms with Crippen LogP contribution in [0.5, 0.6) is 0 Å². The molecule has 2 rings (SSSR count). The van der Waals surface area contributed by atoms with Crippen molar-refractivity contribution in [3.05, 3.63) is 45.7 Å². The van der Waals surface area contributed by atoms with Gasteiger partial charge in [0.2, 0.25) is 5.78 Å². The number of nitrogens with two attached hydrogens (primary N) is 1. The number of carbonyl (C=O) groups is 1. The molecule has 0 saturated heterocycles. The van der Waals surface area contributed by atoms with Crippen LogP contribution in [0.4, 0.5) is 5.69 Å². The first kappa shape index (κ1) is 14.8. The molecular weight excluding hydrogens is 301 g/mol. The van der Waals surface area contributed by atoms with Crippen LogP contribution in [0.15, 0.2) is 24.4 Å². The first-order chi connectivity index (χ1) is 9.54. The lowest BCUT2D eigenvalue weighted by Gasteiger charge is -2.08. The van der Waals surface area contributed by atoms with Crippen LogP contribution in [0.3, 0.4) is 0 Å². The summed E-state index contributed by atoms with van der Waals surface area (Å²) in [7, 11) is 1.58. The standard InChI is InChI=1S/C13H13Cl2N3O2/c1-20-5-4-18-12(10(15)7-17-18)13(19)8-2-3-9(14)11(16)6-8/h2-3,6-7H,4-5,16H2,1H3. The van der Waals surface area contributed by atoms with E-state index in [0.29, 0.717) is 40.1 Å². The summed E-state index contributed by atoms with van der Waals surface area (Å²) < 4.78 is 6.49. The van der Waals surface area contributed by atoms with E-state index < -0.39 is 0 Å². The van der Waals surface area contributed by atoms with Crippen molar-refractivity contribution in [3.63, 3.8) is 0 Å². The van der Waals surface area contributed by atoms with E-state index in [9.17, 15) is 4.79 Å². The average molecular weight is 314 g/mol. The van der Waals surface area contributed by atoms with Crippen molar-refractivity contribution in [1.82, 2.24) is 9.78 Å². The van der Waals surface area contributed by atoms with Gasteiger partial charge < -0.3 is 10.5 Å². The van der Waals surface area contributed by atoms with Crippen LogP contribution in [-0.4, -0.2) is 29.3 Å². The summed E-state index contributed by atoms with van der Waals surface area (Å²) in [6.45, 7) is 0.869. The molecular formula is C13H13Cl2N3O2. The number of carbonyl (C=O) groups excluding carboxylic acids is 1. The Morgan fingerprint density at radius 1 is 1.40 bits per heavy atom. The number of aromatic nitrogens is 2. The number of nitrogens with zero attached hydrogens (tertiary/aromatic N) is 2. The minimum Gasteiger partial charge on any atom is -0.398 e. The van der Waals surface area contributed by atoms with Gasteiger partial charge in [0.25, 0.3) is 0 Å². The molecule has 0 amide bonds. The Hall–Kier alpha value is -1.56. The molecule has 0 spiro atoms. The molecule has 0 atom stereocenters. The zero-order valence-electron chi connectivity index (χ0n) is 10.8. The molecule has 0 bridgehead atoms. The predicted molar refractivity (Wildman–Crippen MR) is 78.4 cm³/mol. The maximum atomic E-state index is 12.5. The number of nitrogen functional groups attached to an aromatic ring is 1. The molecule has 1 heterocycles. The number of ether oxygens (including phenoxy) is 1. The lowest BCUT2D eigenvalue weighted by Crippen LogP contribution is -2.15. The average Bonchev–Trinajstić information content (AvgIpc) is 2.80. The van der Waals surface area contributed by atoms with Crippen molar-refractivity contribution in [2.45, 2.75) is 6.54 Å². The molecule has 20 heavy (non-hydrogen) atoms. The molecule has 0 unspecified atom stereocenters. The van der Waals surface area contributed by atoms with Crippen LogP contribution in [-0.2, 0) is 11.3 Å². The van der Waals surface area contributed by atoms with Gasteiger partial charge >= 0.3 is 0 Å². The largest absolute Gasteiger partial charge is 0.398 e. The van der Waals surface area contributed by atoms with E-state index in [4.69, 9.17) is 33.7 Å². The van der Waals surface area contributed by atoms with Crippen molar-refractivity contribution < 1.29 is 9.53 Å². The Balaban J connectivity index is 2.37. The molecule has 0 saturated carbocycles. The molecule has 5 nitrogen and oxygen atoms in total. The SMILES string of the molecule is COCCn1ncc(Cl)c1C(=O)c1ccc(Cl)c(N)c1. The summed E-state index contributed by atoms with van der Waals surface area (Å²) >= 11 is 11.9. The Bertz CT molecular complexity index is 641. The molecule has 0 fully saturated rings. The molecule has 2 N–H and O–H groups in total. The molecule has 7 heteroatoms. The lowest BCUT2D eigenvalue weighted by atomic mass is 10.1. The van der Waals surface area contributed by atoms with Crippen LogP contribution in [0.25, 0.3) is 0 Å². The van der Waals surface area contributed by atoms with E-state index in [-0.39, 0.29) is 5.78 Å². The van der Waals surface area contributed by atoms with Crippen LogP contribution in [0.1, 0.15) is 16.1 Å². The second-order valence-corrected chi connectivity index (χ2v) is 4.94. The topological polar surface area (TPSA) is 70.1 Å². The van der Waals surface area contributed by atoms with Crippen LogP contribution >= 0.6 is 23.2 Å². The number of anilines is 1. The summed E-state index contributed by atoms with van der Waals surface area (Å²) in [5.74, 6) is -0.257. The fraction of sp³-hybridized carbons (Fsp3) is 0.231. The third-order valence-corrected chi connectivity index (χ3v) is 3.40. The highest BCUT2D eigenvalue weighted by Crippen LogP contribution is 2.24. The van der Waals surface area contributed by atoms with Gasteiger partial charge in [-0.05, 0) is 18.2 Å². The van der Waals surface area contributed by atoms with Gasteiger partial charge in [-0.15, -0.1) is 0 Å². The summed E-state index contributed by atoms with van der Waals surface area (Å²) in [4.78, 5) is 12.5. The third-order valence-electron chi connectivity index (χ3n) is 2.78. The van der Waals surface area contributed by atoms with E-state index in [1.165, 1.54) is 16.9 Å². The van der Waals surface area contributed by atoms with Crippen LogP contribution < -0.4 is 5.73 Å². The third kappa shape index (κ3) is 2.95. The highest BCUT2D eigenvalue weighted by Gasteiger charge is 2.19. The molecule has 1 aromatic heterocycles. The Morgan fingerprint density at radius 2 is 2.15 bits per heavy atom. The van der Waals surface area contributed by atoms with Gasteiger partial charge in [-0.1, -0.05) is 23.2 Å². The maximum absolute atomic E-state index is 12.5. The molecule has 2 aromatic rings. The normalized spacial score (nSPS) is 10.8. The lowest BCUT2D eigenvalue weighted by molar-refractivity contribution is 0.102. The van der Waals surface area contributed by atoms with Gasteiger partial charge in [0.1, 0.15) is 5.69 Å². The zero-order chi connectivity index (χ0) is 14.7. The molecule has 106 valence electrons. The number of benzene rings is 1. The number of halogens is 2. The van der Waals surface area contributed by atoms with Gasteiger partial charge in [-0.25, -0.2) is 0 Å². The van der Waals surface area contributed by atoms with Gasteiger partial charge in [0.05, 0.1) is 35.1 Å². The van der Waals surface area contributed by atoms with Crippen molar-refractivity contribution in [1.29, 1.82) is 0 Å². The van der Waals surface area contributed by atoms with Gasteiger partial charge in [-0.2, -0.15) is 5.10 Å². The first-order valence-corrected chi connectivity index (χ1v) is 6.60. The monoisotopic (exact) mass is 313 g/mol. The molecule has 0 radical (unpaired) electrons. The fourth-order valence-electron chi connectivity index (χ4n) is 1.76. The van der Waals surface area contributed by atoms with E-state index in [1.807, 2.05) is 0 Å². The molecule has 1 aromatic carbocycles. The quantitative estimate of drug-likeness (QED) is 0.680. The second kappa shape index (κ2) is 6.26. The van der Waals surface area contributed by atoms with Crippen molar-refractivity contribution in [2.75, 3.05) is 19.5 Å². The Morgan fingerprint density at radius 3 is 2.80 bits per heavy atom. The molecule has 0 aliphatic carbocycles. The highest BCUT2D eigenvalue weighted by molar-refractivity contribution is 6.35. The van der Waals surface area contributed by atoms with Crippen LogP contribution in [0, 0.1) is 0 Å². The van der Waals surface area contributed by atoms with E-state index in [1.54, 1.807) is 19.2 Å². The van der Waals surface area contributed by atoms with E-state index in [0.717, 1.165) is 0 Å². The van der Waals surface area contributed by atoms with Gasteiger partial charge in [0.15, 0.2) is 0 Å². The molecule has 0 aliphatic heterocycles. The summed E-state index contributed by atoms with van der Waals surface area (Å²) in [6.07, 6.45) is 1.43. The van der Waals surface area contributed by atoms with Crippen molar-refractivity contribution in [2.24, 2.45) is 0 Å². The highest BCUT2D eigenvalue weighted by atomic mass is 35.5. The van der Waals surface area contributed by atoms with Crippen LogP contribution in [0.2, 0.25) is 10.0 Å². The Kier molecular flexibility index (Phi) is 4.65. The van der Waals surface area contributed by atoms with E-state index >= 15 is 0 Å². The predicted octanol–water partition coefficient (Wildman–Crippen LogP) is 2.65. The smallest absolute Gasteiger partial charge is 0.212 e. The molecule has 0 aliphatic rings. The summed E-state index contributed by atoms with van der Waals surface area (Å²) in [5.41, 5.74) is 6.77.